The third-order valence-corrected chi connectivity index (χ3v) is 4.46. The lowest BCUT2D eigenvalue weighted by atomic mass is 10.1. The Morgan fingerprint density at radius 1 is 1.12 bits per heavy atom. The number of nitrogens with one attached hydrogen (secondary N) is 1. The number of rotatable bonds is 5. The van der Waals surface area contributed by atoms with E-state index in [4.69, 9.17) is 0 Å². The van der Waals surface area contributed by atoms with E-state index < -0.39 is 0 Å². The van der Waals surface area contributed by atoms with Crippen molar-refractivity contribution in [2.24, 2.45) is 0 Å². The van der Waals surface area contributed by atoms with Crippen LogP contribution < -0.4 is 10.2 Å². The summed E-state index contributed by atoms with van der Waals surface area (Å²) in [6.45, 7) is 0.694. The molecule has 1 N–H and O–H groups in total. The number of nitrogens with zero attached hydrogens (tertiary/aromatic N) is 2. The van der Waals surface area contributed by atoms with Crippen LogP contribution in [-0.4, -0.2) is 43.4 Å². The van der Waals surface area contributed by atoms with Crippen LogP contribution in [0.2, 0.25) is 0 Å². The van der Waals surface area contributed by atoms with Crippen LogP contribution in [0.5, 0.6) is 0 Å². The number of hydrogen-bond acceptors (Lipinski definition) is 3. The monoisotopic (exact) mass is 337 g/mol. The van der Waals surface area contributed by atoms with Crippen LogP contribution >= 0.6 is 0 Å². The first-order valence-electron chi connectivity index (χ1n) is 8.47. The van der Waals surface area contributed by atoms with Crippen LogP contribution in [0.15, 0.2) is 54.6 Å². The third-order valence-electron chi connectivity index (χ3n) is 4.46. The standard InChI is InChI=1S/C20H23N3O2/c1-22(2)19(24)14-15-8-6-7-11-17(15)21-18-12-13-23(20(18)25)16-9-4-3-5-10-16/h3-11,18,21H,12-14H2,1-2H3/t18-/m0/s1. The summed E-state index contributed by atoms with van der Waals surface area (Å²) in [4.78, 5) is 28.2. The highest BCUT2D eigenvalue weighted by Crippen LogP contribution is 2.25. The average Bonchev–Trinajstić information content (AvgIpc) is 2.98. The van der Waals surface area contributed by atoms with Gasteiger partial charge in [-0.15, -0.1) is 0 Å². The second-order valence-electron chi connectivity index (χ2n) is 6.43. The summed E-state index contributed by atoms with van der Waals surface area (Å²) in [5.74, 6) is 0.109. The van der Waals surface area contributed by atoms with E-state index in [1.807, 2.05) is 59.5 Å². The van der Waals surface area contributed by atoms with Crippen molar-refractivity contribution in [3.8, 4) is 0 Å². The molecule has 3 rings (SSSR count). The maximum atomic E-state index is 12.7. The molecule has 2 amide bonds. The van der Waals surface area contributed by atoms with Gasteiger partial charge in [0.05, 0.1) is 6.42 Å². The molecule has 5 heteroatoms. The topological polar surface area (TPSA) is 52.7 Å². The zero-order valence-electron chi connectivity index (χ0n) is 14.6. The molecular formula is C20H23N3O2. The highest BCUT2D eigenvalue weighted by Gasteiger charge is 2.32. The molecule has 0 aromatic heterocycles. The summed E-state index contributed by atoms with van der Waals surface area (Å²) >= 11 is 0. The van der Waals surface area contributed by atoms with E-state index in [0.717, 1.165) is 23.4 Å². The number of likely N-dealkylation sites (N-methyl/N-ethyl adjacent to an activating group) is 1. The number of hydrogen-bond donors (Lipinski definition) is 1. The van der Waals surface area contributed by atoms with Gasteiger partial charge in [-0.1, -0.05) is 36.4 Å². The first-order valence-corrected chi connectivity index (χ1v) is 8.47. The molecule has 1 fully saturated rings. The molecule has 0 aliphatic carbocycles. The second kappa shape index (κ2) is 7.38. The van der Waals surface area contributed by atoms with Crippen LogP contribution in [-0.2, 0) is 16.0 Å². The van der Waals surface area contributed by atoms with Gasteiger partial charge in [-0.3, -0.25) is 9.59 Å². The van der Waals surface area contributed by atoms with Crippen molar-refractivity contribution in [2.45, 2.75) is 18.9 Å². The predicted octanol–water partition coefficient (Wildman–Crippen LogP) is 2.53. The minimum Gasteiger partial charge on any atom is -0.373 e. The number of carbonyl (C=O) groups excluding carboxylic acids is 2. The van der Waals surface area contributed by atoms with Gasteiger partial charge in [0, 0.05) is 32.0 Å². The lowest BCUT2D eigenvalue weighted by Crippen LogP contribution is -2.33. The van der Waals surface area contributed by atoms with Crippen molar-refractivity contribution in [2.75, 3.05) is 30.9 Å². The maximum Gasteiger partial charge on any atom is 0.249 e. The molecule has 0 saturated carbocycles. The van der Waals surface area contributed by atoms with E-state index in [9.17, 15) is 9.59 Å². The van der Waals surface area contributed by atoms with Crippen molar-refractivity contribution in [3.63, 3.8) is 0 Å². The normalized spacial score (nSPS) is 16.8. The van der Waals surface area contributed by atoms with E-state index in [0.29, 0.717) is 13.0 Å². The Kier molecular flexibility index (Phi) is 5.03. The number of anilines is 2. The highest BCUT2D eigenvalue weighted by molar-refractivity contribution is 6.01. The summed E-state index contributed by atoms with van der Waals surface area (Å²) in [6.07, 6.45) is 1.06. The molecule has 1 heterocycles. The second-order valence-corrected chi connectivity index (χ2v) is 6.43. The fourth-order valence-corrected chi connectivity index (χ4v) is 3.00. The van der Waals surface area contributed by atoms with Crippen molar-refractivity contribution >= 4 is 23.2 Å². The average molecular weight is 337 g/mol. The van der Waals surface area contributed by atoms with Crippen molar-refractivity contribution < 1.29 is 9.59 Å². The third kappa shape index (κ3) is 3.82. The SMILES string of the molecule is CN(C)C(=O)Cc1ccccc1N[C@H]1CCN(c2ccccc2)C1=O. The summed E-state index contributed by atoms with van der Waals surface area (Å²) < 4.78 is 0. The number of para-hydroxylation sites is 2. The molecular weight excluding hydrogens is 314 g/mol. The van der Waals surface area contributed by atoms with Gasteiger partial charge in [0.1, 0.15) is 6.04 Å². The quantitative estimate of drug-likeness (QED) is 0.912. The van der Waals surface area contributed by atoms with Gasteiger partial charge in [-0.2, -0.15) is 0 Å². The van der Waals surface area contributed by atoms with Gasteiger partial charge in [0.2, 0.25) is 11.8 Å². The van der Waals surface area contributed by atoms with Crippen molar-refractivity contribution in [3.05, 3.63) is 60.2 Å². The van der Waals surface area contributed by atoms with E-state index in [1.54, 1.807) is 19.0 Å². The Bertz CT molecular complexity index is 759. The minimum absolute atomic E-state index is 0.0397. The van der Waals surface area contributed by atoms with Crippen molar-refractivity contribution in [1.82, 2.24) is 4.90 Å². The molecule has 1 aliphatic heterocycles. The first kappa shape index (κ1) is 17.0. The lowest BCUT2D eigenvalue weighted by molar-refractivity contribution is -0.127. The molecule has 1 atom stereocenters. The first-order chi connectivity index (χ1) is 12.1. The van der Waals surface area contributed by atoms with E-state index in [2.05, 4.69) is 5.32 Å². The van der Waals surface area contributed by atoms with Gasteiger partial charge in [0.15, 0.2) is 0 Å². The van der Waals surface area contributed by atoms with Crippen LogP contribution in [0.1, 0.15) is 12.0 Å². The molecule has 2 aromatic carbocycles. The zero-order valence-corrected chi connectivity index (χ0v) is 14.6. The summed E-state index contributed by atoms with van der Waals surface area (Å²) in [5, 5.41) is 3.34. The van der Waals surface area contributed by atoms with E-state index >= 15 is 0 Å². The van der Waals surface area contributed by atoms with E-state index in [-0.39, 0.29) is 17.9 Å². The Hall–Kier alpha value is -2.82. The van der Waals surface area contributed by atoms with Crippen LogP contribution in [0.25, 0.3) is 0 Å². The predicted molar refractivity (Wildman–Crippen MR) is 99.7 cm³/mol. The molecule has 2 aromatic rings. The fraction of sp³-hybridized carbons (Fsp3) is 0.300. The van der Waals surface area contributed by atoms with Gasteiger partial charge >= 0.3 is 0 Å². The summed E-state index contributed by atoms with van der Waals surface area (Å²) in [7, 11) is 3.49. The molecule has 1 aliphatic rings. The molecule has 0 unspecified atom stereocenters. The van der Waals surface area contributed by atoms with Crippen LogP contribution in [0.3, 0.4) is 0 Å². The van der Waals surface area contributed by atoms with Crippen molar-refractivity contribution in [1.29, 1.82) is 0 Å². The smallest absolute Gasteiger partial charge is 0.249 e. The van der Waals surface area contributed by atoms with Crippen LogP contribution in [0.4, 0.5) is 11.4 Å². The number of benzene rings is 2. The fourth-order valence-electron chi connectivity index (χ4n) is 3.00. The Morgan fingerprint density at radius 3 is 2.52 bits per heavy atom. The van der Waals surface area contributed by atoms with Gasteiger partial charge < -0.3 is 15.1 Å². The molecule has 25 heavy (non-hydrogen) atoms. The van der Waals surface area contributed by atoms with Crippen LogP contribution in [0, 0.1) is 0 Å². The molecule has 5 nitrogen and oxygen atoms in total. The number of carbonyl (C=O) groups is 2. The largest absolute Gasteiger partial charge is 0.373 e. The Morgan fingerprint density at radius 2 is 1.80 bits per heavy atom. The molecule has 130 valence electrons. The molecule has 0 spiro atoms. The Balaban J connectivity index is 1.73. The summed E-state index contributed by atoms with van der Waals surface area (Å²) in [6, 6.07) is 17.1. The number of amides is 2. The Labute approximate surface area is 148 Å². The minimum atomic E-state index is -0.268. The van der Waals surface area contributed by atoms with E-state index in [1.165, 1.54) is 0 Å². The zero-order chi connectivity index (χ0) is 17.8. The summed E-state index contributed by atoms with van der Waals surface area (Å²) in [5.41, 5.74) is 2.69. The maximum absolute atomic E-state index is 12.7. The molecule has 0 bridgehead atoms. The van der Waals surface area contributed by atoms with Gasteiger partial charge in [-0.05, 0) is 30.2 Å². The van der Waals surface area contributed by atoms with Gasteiger partial charge in [-0.25, -0.2) is 0 Å². The lowest BCUT2D eigenvalue weighted by Gasteiger charge is -2.19. The highest BCUT2D eigenvalue weighted by atomic mass is 16.2. The van der Waals surface area contributed by atoms with Gasteiger partial charge in [0.25, 0.3) is 0 Å². The molecule has 0 radical (unpaired) electrons. The molecule has 1 saturated heterocycles.